The zero-order valence-corrected chi connectivity index (χ0v) is 46.0. The lowest BCUT2D eigenvalue weighted by molar-refractivity contribution is -0.163. The lowest BCUT2D eigenvalue weighted by Crippen LogP contribution is -2.30. The van der Waals surface area contributed by atoms with Gasteiger partial charge in [-0.3, -0.25) is 9.59 Å². The predicted octanol–water partition coefficient (Wildman–Crippen LogP) is 20.3. The molecule has 0 saturated carbocycles. The van der Waals surface area contributed by atoms with Crippen molar-refractivity contribution in [2.45, 2.75) is 271 Å². The topological polar surface area (TPSA) is 61.8 Å². The smallest absolute Gasteiger partial charge is 0.306 e. The van der Waals surface area contributed by atoms with E-state index in [0.29, 0.717) is 19.4 Å². The Morgan fingerprint density at radius 2 is 0.643 bits per heavy atom. The van der Waals surface area contributed by atoms with Crippen LogP contribution in [0.5, 0.6) is 0 Å². The van der Waals surface area contributed by atoms with Gasteiger partial charge in [-0.2, -0.15) is 0 Å². The van der Waals surface area contributed by atoms with Crippen LogP contribution in [0.2, 0.25) is 0 Å². The van der Waals surface area contributed by atoms with E-state index in [1.807, 2.05) is 0 Å². The first kappa shape index (κ1) is 66.6. The predicted molar refractivity (Wildman–Crippen MR) is 306 cm³/mol. The lowest BCUT2D eigenvalue weighted by atomic mass is 10.0. The molecule has 0 rings (SSSR count). The molecule has 0 aromatic heterocycles. The molecular weight excluding hydrogens is 861 g/mol. The molecule has 0 N–H and O–H groups in total. The highest BCUT2D eigenvalue weighted by Crippen LogP contribution is 2.16. The highest BCUT2D eigenvalue weighted by Gasteiger charge is 2.17. The Kier molecular flexibility index (Phi) is 56.9. The average molecular weight is 972 g/mol. The first-order chi connectivity index (χ1) is 34.6. The minimum Gasteiger partial charge on any atom is -0.462 e. The summed E-state index contributed by atoms with van der Waals surface area (Å²) in [7, 11) is 0. The minimum absolute atomic E-state index is 0.0565. The summed E-state index contributed by atoms with van der Waals surface area (Å²) in [6, 6.07) is 0. The highest BCUT2D eigenvalue weighted by molar-refractivity contribution is 5.70. The van der Waals surface area contributed by atoms with Crippen molar-refractivity contribution in [3.05, 3.63) is 109 Å². The Bertz CT molecular complexity index is 1380. The van der Waals surface area contributed by atoms with Crippen LogP contribution in [0.1, 0.15) is 265 Å². The third kappa shape index (κ3) is 57.1. The van der Waals surface area contributed by atoms with Crippen LogP contribution in [0.15, 0.2) is 109 Å². The molecule has 0 aromatic rings. The van der Waals surface area contributed by atoms with Crippen LogP contribution >= 0.6 is 0 Å². The Morgan fingerprint density at radius 3 is 1.03 bits per heavy atom. The minimum atomic E-state index is -0.571. The van der Waals surface area contributed by atoms with Crippen LogP contribution in [-0.2, 0) is 23.8 Å². The molecule has 5 heteroatoms. The maximum Gasteiger partial charge on any atom is 0.306 e. The summed E-state index contributed by atoms with van der Waals surface area (Å²) < 4.78 is 17.4. The van der Waals surface area contributed by atoms with Gasteiger partial charge in [0.05, 0.1) is 6.61 Å². The molecule has 0 aliphatic carbocycles. The van der Waals surface area contributed by atoms with E-state index in [1.165, 1.54) is 116 Å². The average Bonchev–Trinajstić information content (AvgIpc) is 3.36. The first-order valence-electron chi connectivity index (χ1n) is 29.4. The second kappa shape index (κ2) is 59.9. The molecule has 1 unspecified atom stereocenters. The number of unbranched alkanes of at least 4 members (excludes halogenated alkanes) is 24. The molecule has 70 heavy (non-hydrogen) atoms. The quantitative estimate of drug-likeness (QED) is 0.0345. The van der Waals surface area contributed by atoms with Crippen molar-refractivity contribution in [1.82, 2.24) is 0 Å². The van der Waals surface area contributed by atoms with E-state index >= 15 is 0 Å². The van der Waals surface area contributed by atoms with E-state index in [2.05, 4.69) is 130 Å². The maximum atomic E-state index is 12.9. The Morgan fingerprint density at radius 1 is 0.329 bits per heavy atom. The third-order valence-corrected chi connectivity index (χ3v) is 12.3. The van der Waals surface area contributed by atoms with Crippen LogP contribution in [0, 0.1) is 0 Å². The van der Waals surface area contributed by atoms with E-state index in [0.717, 1.165) is 116 Å². The first-order valence-corrected chi connectivity index (χ1v) is 29.4. The van der Waals surface area contributed by atoms with Crippen molar-refractivity contribution in [3.8, 4) is 0 Å². The standard InChI is InChI=1S/C65H110O5/c1-4-7-10-13-16-19-22-25-28-31-33-35-37-40-43-46-49-52-55-58-64(66)69-62-63(61-68-60-57-54-51-48-45-42-39-36-32-29-26-23-20-17-14-11-8-5-2)70-65(67)59-56-53-50-47-44-41-38-34-30-27-24-21-18-15-12-9-6-3/h7-8,10-11,16-17,19-20,25-26,28-29,33,35-36,39,45,48,63H,4-6,9,12-15,18,21-24,27,30-32,34,37-38,40-44,46-47,49-62H2,1-3H3/b10-7-,11-8-,19-16-,20-17-,28-25-,29-26-,35-33-,39-36-,48-45-. The monoisotopic (exact) mass is 971 g/mol. The Hall–Kier alpha value is -3.44. The molecular formula is C65H110O5. The van der Waals surface area contributed by atoms with Crippen LogP contribution < -0.4 is 0 Å². The number of hydrogen-bond acceptors (Lipinski definition) is 5. The summed E-state index contributed by atoms with van der Waals surface area (Å²) in [5, 5.41) is 0. The van der Waals surface area contributed by atoms with Gasteiger partial charge in [0, 0.05) is 19.4 Å². The molecule has 0 bridgehead atoms. The lowest BCUT2D eigenvalue weighted by Gasteiger charge is -2.18. The molecule has 5 nitrogen and oxygen atoms in total. The number of rotatable bonds is 53. The van der Waals surface area contributed by atoms with Crippen LogP contribution in [-0.4, -0.2) is 37.9 Å². The summed E-state index contributed by atoms with van der Waals surface area (Å²) >= 11 is 0. The number of ether oxygens (including phenoxy) is 3. The van der Waals surface area contributed by atoms with Gasteiger partial charge in [-0.1, -0.05) is 259 Å². The molecule has 0 heterocycles. The van der Waals surface area contributed by atoms with E-state index in [9.17, 15) is 9.59 Å². The number of esters is 2. The number of hydrogen-bond donors (Lipinski definition) is 0. The zero-order chi connectivity index (χ0) is 50.6. The van der Waals surface area contributed by atoms with Crippen LogP contribution in [0.25, 0.3) is 0 Å². The van der Waals surface area contributed by atoms with Gasteiger partial charge in [-0.15, -0.1) is 0 Å². The van der Waals surface area contributed by atoms with Gasteiger partial charge in [0.25, 0.3) is 0 Å². The van der Waals surface area contributed by atoms with E-state index in [-0.39, 0.29) is 25.2 Å². The van der Waals surface area contributed by atoms with Crippen molar-refractivity contribution in [3.63, 3.8) is 0 Å². The van der Waals surface area contributed by atoms with Gasteiger partial charge in [0.15, 0.2) is 6.10 Å². The molecule has 0 aromatic carbocycles. The van der Waals surface area contributed by atoms with Crippen molar-refractivity contribution in [2.75, 3.05) is 19.8 Å². The molecule has 0 aliphatic heterocycles. The number of allylic oxidation sites excluding steroid dienone is 18. The normalized spacial score (nSPS) is 13.0. The zero-order valence-electron chi connectivity index (χ0n) is 46.0. The fourth-order valence-corrected chi connectivity index (χ4v) is 8.00. The largest absolute Gasteiger partial charge is 0.462 e. The third-order valence-electron chi connectivity index (χ3n) is 12.3. The second-order valence-corrected chi connectivity index (χ2v) is 19.1. The summed E-state index contributed by atoms with van der Waals surface area (Å²) in [5.74, 6) is -0.434. The van der Waals surface area contributed by atoms with Gasteiger partial charge in [-0.25, -0.2) is 0 Å². The maximum absolute atomic E-state index is 12.9. The van der Waals surface area contributed by atoms with Crippen molar-refractivity contribution < 1.29 is 23.8 Å². The number of carbonyl (C=O) groups is 2. The highest BCUT2D eigenvalue weighted by atomic mass is 16.6. The molecule has 0 spiro atoms. The summed E-state index contributed by atoms with van der Waals surface area (Å²) in [4.78, 5) is 25.6. The van der Waals surface area contributed by atoms with Crippen LogP contribution in [0.3, 0.4) is 0 Å². The van der Waals surface area contributed by atoms with Crippen LogP contribution in [0.4, 0.5) is 0 Å². The van der Waals surface area contributed by atoms with Crippen molar-refractivity contribution >= 4 is 11.9 Å². The molecule has 0 saturated heterocycles. The fourth-order valence-electron chi connectivity index (χ4n) is 8.00. The van der Waals surface area contributed by atoms with Gasteiger partial charge in [0.2, 0.25) is 0 Å². The molecule has 0 aliphatic rings. The van der Waals surface area contributed by atoms with E-state index in [1.54, 1.807) is 0 Å². The molecule has 400 valence electrons. The molecule has 0 fully saturated rings. The van der Waals surface area contributed by atoms with Gasteiger partial charge >= 0.3 is 11.9 Å². The van der Waals surface area contributed by atoms with E-state index < -0.39 is 6.10 Å². The van der Waals surface area contributed by atoms with Gasteiger partial charge in [0.1, 0.15) is 6.61 Å². The van der Waals surface area contributed by atoms with Crippen molar-refractivity contribution in [1.29, 1.82) is 0 Å². The fraction of sp³-hybridized carbons (Fsp3) is 0.692. The summed E-state index contributed by atoms with van der Waals surface area (Å²) in [5.41, 5.74) is 0. The molecule has 1 atom stereocenters. The number of carbonyl (C=O) groups excluding carboxylic acids is 2. The van der Waals surface area contributed by atoms with Crippen molar-refractivity contribution in [2.24, 2.45) is 0 Å². The van der Waals surface area contributed by atoms with Gasteiger partial charge < -0.3 is 14.2 Å². The summed E-state index contributed by atoms with van der Waals surface area (Å²) in [6.07, 6.45) is 82.6. The summed E-state index contributed by atoms with van der Waals surface area (Å²) in [6.45, 7) is 7.51. The second-order valence-electron chi connectivity index (χ2n) is 19.1. The Balaban J connectivity index is 4.38. The van der Waals surface area contributed by atoms with Gasteiger partial charge in [-0.05, 0) is 103 Å². The SMILES string of the molecule is CC/C=C\C/C=C\C/C=C\C/C=C\C/C=C\CCCCOCC(COC(=O)CCCCCCCC/C=C\C/C=C\C/C=C\C/C=C\CC)OC(=O)CCCCCCCCCCCCCCCCCCC. The Labute approximate surface area is 434 Å². The molecule has 0 radical (unpaired) electrons. The van der Waals surface area contributed by atoms with E-state index in [4.69, 9.17) is 14.2 Å². The molecule has 0 amide bonds.